The van der Waals surface area contributed by atoms with E-state index in [1.165, 1.54) is 5.56 Å². The first-order valence-corrected chi connectivity index (χ1v) is 4.64. The van der Waals surface area contributed by atoms with Gasteiger partial charge in [-0.2, -0.15) is 0 Å². The fraction of sp³-hybridized carbons (Fsp3) is 0.455. The van der Waals surface area contributed by atoms with Gasteiger partial charge >= 0.3 is 0 Å². The van der Waals surface area contributed by atoms with Crippen molar-refractivity contribution >= 4 is 0 Å². The van der Waals surface area contributed by atoms with Crippen molar-refractivity contribution in [2.75, 3.05) is 6.54 Å². The molecule has 0 saturated carbocycles. The zero-order valence-corrected chi connectivity index (χ0v) is 8.48. The van der Waals surface area contributed by atoms with Crippen molar-refractivity contribution in [3.8, 4) is 0 Å². The van der Waals surface area contributed by atoms with E-state index >= 15 is 0 Å². The summed E-state index contributed by atoms with van der Waals surface area (Å²) in [5, 5.41) is 2.71. The highest BCUT2D eigenvalue weighted by Gasteiger charge is 2.02. The summed E-state index contributed by atoms with van der Waals surface area (Å²) >= 11 is 0. The maximum atomic E-state index is 11.8. The number of alkyl halides is 2. The average molecular weight is 199 g/mol. The van der Waals surface area contributed by atoms with Gasteiger partial charge in [0.1, 0.15) is 0 Å². The Bertz CT molecular complexity index is 297. The van der Waals surface area contributed by atoms with Crippen LogP contribution in [0.25, 0.3) is 0 Å². The van der Waals surface area contributed by atoms with Gasteiger partial charge in [-0.3, -0.25) is 0 Å². The molecule has 0 heterocycles. The molecule has 1 aromatic carbocycles. The number of hydrogen-bond acceptors (Lipinski definition) is 1. The molecule has 1 aromatic rings. The van der Waals surface area contributed by atoms with E-state index in [0.29, 0.717) is 6.54 Å². The monoisotopic (exact) mass is 199 g/mol. The van der Waals surface area contributed by atoms with Crippen LogP contribution >= 0.6 is 0 Å². The first-order chi connectivity index (χ1) is 6.59. The van der Waals surface area contributed by atoms with Gasteiger partial charge in [-0.15, -0.1) is 0 Å². The number of nitrogens with one attached hydrogen (secondary N) is 1. The molecule has 0 amide bonds. The molecule has 0 fully saturated rings. The molecule has 0 atom stereocenters. The summed E-state index contributed by atoms with van der Waals surface area (Å²) in [5.41, 5.74) is 3.42. The van der Waals surface area contributed by atoms with E-state index in [1.807, 2.05) is 26.0 Å². The Morgan fingerprint density at radius 1 is 1.29 bits per heavy atom. The molecule has 14 heavy (non-hydrogen) atoms. The lowest BCUT2D eigenvalue weighted by molar-refractivity contribution is 0.145. The van der Waals surface area contributed by atoms with Crippen LogP contribution in [0.5, 0.6) is 0 Å². The predicted molar refractivity (Wildman–Crippen MR) is 53.6 cm³/mol. The molecule has 0 aliphatic rings. The maximum absolute atomic E-state index is 11.8. The van der Waals surface area contributed by atoms with Crippen LogP contribution in [-0.2, 0) is 6.54 Å². The zero-order chi connectivity index (χ0) is 10.6. The van der Waals surface area contributed by atoms with Crippen molar-refractivity contribution in [3.63, 3.8) is 0 Å². The summed E-state index contributed by atoms with van der Waals surface area (Å²) in [6.07, 6.45) is -2.28. The molecule has 1 rings (SSSR count). The van der Waals surface area contributed by atoms with Crippen LogP contribution in [0.3, 0.4) is 0 Å². The highest BCUT2D eigenvalue weighted by molar-refractivity contribution is 5.30. The lowest BCUT2D eigenvalue weighted by Gasteiger charge is -2.07. The lowest BCUT2D eigenvalue weighted by atomic mass is 10.1. The molecule has 78 valence electrons. The van der Waals surface area contributed by atoms with Crippen molar-refractivity contribution in [1.29, 1.82) is 0 Å². The van der Waals surface area contributed by atoms with Crippen LogP contribution < -0.4 is 5.32 Å². The van der Waals surface area contributed by atoms with Gasteiger partial charge in [0, 0.05) is 6.54 Å². The minimum absolute atomic E-state index is 0.243. The molecule has 0 radical (unpaired) electrons. The molecule has 0 unspecified atom stereocenters. The second-order valence-electron chi connectivity index (χ2n) is 3.45. The van der Waals surface area contributed by atoms with Crippen LogP contribution in [0.2, 0.25) is 0 Å². The smallest absolute Gasteiger partial charge is 0.250 e. The van der Waals surface area contributed by atoms with Gasteiger partial charge in [-0.05, 0) is 25.0 Å². The van der Waals surface area contributed by atoms with E-state index in [0.717, 1.165) is 11.1 Å². The summed E-state index contributed by atoms with van der Waals surface area (Å²) in [4.78, 5) is 0. The number of aryl methyl sites for hydroxylation is 2. The quantitative estimate of drug-likeness (QED) is 0.786. The number of hydrogen-bond donors (Lipinski definition) is 1. The largest absolute Gasteiger partial charge is 0.307 e. The first-order valence-electron chi connectivity index (χ1n) is 4.64. The Morgan fingerprint density at radius 2 is 2.00 bits per heavy atom. The van der Waals surface area contributed by atoms with Gasteiger partial charge in [0.15, 0.2) is 0 Å². The van der Waals surface area contributed by atoms with Crippen molar-refractivity contribution in [3.05, 3.63) is 34.9 Å². The van der Waals surface area contributed by atoms with Crippen LogP contribution in [0.1, 0.15) is 16.7 Å². The fourth-order valence-electron chi connectivity index (χ4n) is 1.36. The molecular weight excluding hydrogens is 184 g/mol. The van der Waals surface area contributed by atoms with Crippen molar-refractivity contribution in [2.24, 2.45) is 0 Å². The van der Waals surface area contributed by atoms with Crippen molar-refractivity contribution in [2.45, 2.75) is 26.8 Å². The van der Waals surface area contributed by atoms with E-state index in [4.69, 9.17) is 0 Å². The van der Waals surface area contributed by atoms with Crippen molar-refractivity contribution < 1.29 is 8.78 Å². The third kappa shape index (κ3) is 3.42. The summed E-state index contributed by atoms with van der Waals surface area (Å²) in [6, 6.07) is 6.02. The highest BCUT2D eigenvalue weighted by atomic mass is 19.3. The number of benzene rings is 1. The average Bonchev–Trinajstić information content (AvgIpc) is 2.08. The second kappa shape index (κ2) is 5.05. The predicted octanol–water partition coefficient (Wildman–Crippen LogP) is 2.66. The first kappa shape index (κ1) is 11.1. The summed E-state index contributed by atoms with van der Waals surface area (Å²) in [7, 11) is 0. The van der Waals surface area contributed by atoms with Gasteiger partial charge < -0.3 is 5.32 Å². The number of rotatable bonds is 4. The van der Waals surface area contributed by atoms with E-state index in [2.05, 4.69) is 11.4 Å². The molecule has 1 nitrogen and oxygen atoms in total. The Hall–Kier alpha value is -0.960. The van der Waals surface area contributed by atoms with Gasteiger partial charge in [0.05, 0.1) is 6.54 Å². The normalized spacial score (nSPS) is 10.9. The zero-order valence-electron chi connectivity index (χ0n) is 8.48. The SMILES string of the molecule is Cc1ccc(CNCC(F)F)c(C)c1. The topological polar surface area (TPSA) is 12.0 Å². The van der Waals surface area contributed by atoms with Gasteiger partial charge in [-0.1, -0.05) is 23.8 Å². The third-order valence-corrected chi connectivity index (χ3v) is 2.11. The summed E-state index contributed by atoms with van der Waals surface area (Å²) in [5.74, 6) is 0. The third-order valence-electron chi connectivity index (χ3n) is 2.11. The molecule has 0 aliphatic carbocycles. The fourth-order valence-corrected chi connectivity index (χ4v) is 1.36. The van der Waals surface area contributed by atoms with E-state index in [1.54, 1.807) is 0 Å². The van der Waals surface area contributed by atoms with Crippen molar-refractivity contribution in [1.82, 2.24) is 5.32 Å². The van der Waals surface area contributed by atoms with Crippen LogP contribution in [0.15, 0.2) is 18.2 Å². The lowest BCUT2D eigenvalue weighted by Crippen LogP contribution is -2.21. The standard InChI is InChI=1S/C11H15F2N/c1-8-3-4-10(9(2)5-8)6-14-7-11(12)13/h3-5,11,14H,6-7H2,1-2H3. The van der Waals surface area contributed by atoms with E-state index < -0.39 is 6.43 Å². The van der Waals surface area contributed by atoms with E-state index in [9.17, 15) is 8.78 Å². The summed E-state index contributed by atoms with van der Waals surface area (Å²) in [6.45, 7) is 4.28. The Labute approximate surface area is 83.1 Å². The Balaban J connectivity index is 2.51. The molecule has 3 heteroatoms. The van der Waals surface area contributed by atoms with Gasteiger partial charge in [-0.25, -0.2) is 8.78 Å². The minimum Gasteiger partial charge on any atom is -0.307 e. The molecular formula is C11H15F2N. The van der Waals surface area contributed by atoms with Crippen LogP contribution in [0.4, 0.5) is 8.78 Å². The van der Waals surface area contributed by atoms with E-state index in [-0.39, 0.29) is 6.54 Å². The Kier molecular flexibility index (Phi) is 4.01. The molecule has 1 N–H and O–H groups in total. The molecule has 0 aromatic heterocycles. The minimum atomic E-state index is -2.28. The van der Waals surface area contributed by atoms with Gasteiger partial charge in [0.25, 0.3) is 6.43 Å². The Morgan fingerprint density at radius 3 is 2.57 bits per heavy atom. The highest BCUT2D eigenvalue weighted by Crippen LogP contribution is 2.09. The van der Waals surface area contributed by atoms with Crippen LogP contribution in [0, 0.1) is 13.8 Å². The number of halogens is 2. The summed E-state index contributed by atoms with van der Waals surface area (Å²) < 4.78 is 23.7. The molecule has 0 saturated heterocycles. The maximum Gasteiger partial charge on any atom is 0.250 e. The second-order valence-corrected chi connectivity index (χ2v) is 3.45. The van der Waals surface area contributed by atoms with Gasteiger partial charge in [0.2, 0.25) is 0 Å². The molecule has 0 bridgehead atoms. The van der Waals surface area contributed by atoms with Crippen LogP contribution in [-0.4, -0.2) is 13.0 Å². The molecule has 0 aliphatic heterocycles. The molecule has 0 spiro atoms.